The highest BCUT2D eigenvalue weighted by molar-refractivity contribution is 5.96. The molecule has 6 heteroatoms. The minimum atomic E-state index is -0.0147. The number of H-pyrrole nitrogens is 1. The van der Waals surface area contributed by atoms with Crippen molar-refractivity contribution in [3.63, 3.8) is 0 Å². The number of tetrazole rings is 1. The van der Waals surface area contributed by atoms with Gasteiger partial charge in [0.15, 0.2) is 5.82 Å². The van der Waals surface area contributed by atoms with Crippen LogP contribution < -0.4 is 5.32 Å². The lowest BCUT2D eigenvalue weighted by atomic mass is 10.0. The number of rotatable bonds is 4. The van der Waals surface area contributed by atoms with E-state index in [1.807, 2.05) is 19.1 Å². The summed E-state index contributed by atoms with van der Waals surface area (Å²) in [5.74, 6) is 0.636. The topological polar surface area (TPSA) is 83.6 Å². The molecule has 0 aliphatic heterocycles. The van der Waals surface area contributed by atoms with Gasteiger partial charge in [-0.05, 0) is 36.5 Å². The number of fused-ring (bicyclic) bond motifs is 1. The average molecular weight is 271 g/mol. The predicted octanol–water partition coefficient (Wildman–Crippen LogP) is 1.22. The number of aryl methyl sites for hydroxylation is 1. The van der Waals surface area contributed by atoms with E-state index in [9.17, 15) is 4.79 Å². The lowest BCUT2D eigenvalue weighted by molar-refractivity contribution is 0.0950. The zero-order chi connectivity index (χ0) is 13.9. The number of hydrogen-bond donors (Lipinski definition) is 2. The number of nitrogens with zero attached hydrogens (tertiary/aromatic N) is 3. The highest BCUT2D eigenvalue weighted by Gasteiger charge is 2.19. The zero-order valence-corrected chi connectivity index (χ0v) is 11.4. The van der Waals surface area contributed by atoms with E-state index in [0.29, 0.717) is 12.4 Å². The van der Waals surface area contributed by atoms with Crippen molar-refractivity contribution in [3.05, 3.63) is 40.7 Å². The molecule has 1 aliphatic carbocycles. The molecule has 1 aromatic heterocycles. The minimum Gasteiger partial charge on any atom is -0.351 e. The van der Waals surface area contributed by atoms with E-state index in [4.69, 9.17) is 0 Å². The fourth-order valence-corrected chi connectivity index (χ4v) is 2.64. The molecule has 1 atom stereocenters. The first-order valence-corrected chi connectivity index (χ1v) is 6.88. The van der Waals surface area contributed by atoms with Crippen LogP contribution in [0.4, 0.5) is 0 Å². The highest BCUT2D eigenvalue weighted by Crippen LogP contribution is 2.25. The molecule has 2 aromatic rings. The summed E-state index contributed by atoms with van der Waals surface area (Å²) in [6.07, 6.45) is 3.22. The Hall–Kier alpha value is -2.24. The second-order valence-electron chi connectivity index (χ2n) is 5.18. The zero-order valence-electron chi connectivity index (χ0n) is 11.4. The molecule has 0 bridgehead atoms. The van der Waals surface area contributed by atoms with Crippen LogP contribution in [0.2, 0.25) is 0 Å². The van der Waals surface area contributed by atoms with Gasteiger partial charge in [-0.1, -0.05) is 24.3 Å². The molecule has 1 aliphatic rings. The third-order valence-electron chi connectivity index (χ3n) is 3.76. The van der Waals surface area contributed by atoms with Crippen LogP contribution in [0.25, 0.3) is 0 Å². The molecule has 0 spiro atoms. The number of benzene rings is 1. The van der Waals surface area contributed by atoms with Gasteiger partial charge >= 0.3 is 0 Å². The van der Waals surface area contributed by atoms with Crippen LogP contribution in [-0.2, 0) is 12.8 Å². The van der Waals surface area contributed by atoms with E-state index >= 15 is 0 Å². The molecule has 2 N–H and O–H groups in total. The SMILES string of the molecule is CC(CNC(=O)c1cccc2c1CCC2)c1nn[nH]n1. The summed E-state index contributed by atoms with van der Waals surface area (Å²) in [5, 5.41) is 16.8. The first-order chi connectivity index (χ1) is 9.75. The maximum atomic E-state index is 12.3. The van der Waals surface area contributed by atoms with Crippen molar-refractivity contribution in [1.82, 2.24) is 25.9 Å². The van der Waals surface area contributed by atoms with Gasteiger partial charge in [0.2, 0.25) is 0 Å². The molecule has 0 saturated heterocycles. The smallest absolute Gasteiger partial charge is 0.251 e. The van der Waals surface area contributed by atoms with Gasteiger partial charge in [0.1, 0.15) is 0 Å². The van der Waals surface area contributed by atoms with Crippen molar-refractivity contribution in [2.45, 2.75) is 32.1 Å². The van der Waals surface area contributed by atoms with Crippen LogP contribution in [0.15, 0.2) is 18.2 Å². The number of carbonyl (C=O) groups is 1. The number of nitrogens with one attached hydrogen (secondary N) is 2. The Morgan fingerprint density at radius 3 is 3.15 bits per heavy atom. The van der Waals surface area contributed by atoms with E-state index < -0.39 is 0 Å². The molecule has 0 fully saturated rings. The molecule has 104 valence electrons. The summed E-state index contributed by atoms with van der Waals surface area (Å²) >= 11 is 0. The summed E-state index contributed by atoms with van der Waals surface area (Å²) in [4.78, 5) is 12.3. The second kappa shape index (κ2) is 5.40. The number of carbonyl (C=O) groups excluding carboxylic acids is 1. The fraction of sp³-hybridized carbons (Fsp3) is 0.429. The standard InChI is InChI=1S/C14H17N5O/c1-9(13-16-18-19-17-13)8-15-14(20)12-7-3-5-10-4-2-6-11(10)12/h3,5,7,9H,2,4,6,8H2,1H3,(H,15,20)(H,16,17,18,19). The van der Waals surface area contributed by atoms with Crippen molar-refractivity contribution in [2.24, 2.45) is 0 Å². The normalized spacial score (nSPS) is 14.8. The molecular formula is C14H17N5O. The van der Waals surface area contributed by atoms with Crippen LogP contribution in [-0.4, -0.2) is 33.1 Å². The Balaban J connectivity index is 1.67. The van der Waals surface area contributed by atoms with Gasteiger partial charge in [0, 0.05) is 18.0 Å². The Kier molecular flexibility index (Phi) is 3.45. The van der Waals surface area contributed by atoms with Gasteiger partial charge in [0.05, 0.1) is 0 Å². The molecule has 0 radical (unpaired) electrons. The first kappa shape index (κ1) is 12.8. The maximum absolute atomic E-state index is 12.3. The molecule has 1 aromatic carbocycles. The van der Waals surface area contributed by atoms with Crippen LogP contribution in [0.1, 0.15) is 46.6 Å². The van der Waals surface area contributed by atoms with E-state index in [1.54, 1.807) is 0 Å². The summed E-state index contributed by atoms with van der Waals surface area (Å²) in [7, 11) is 0. The quantitative estimate of drug-likeness (QED) is 0.875. The van der Waals surface area contributed by atoms with Crippen LogP contribution >= 0.6 is 0 Å². The van der Waals surface area contributed by atoms with Crippen LogP contribution in [0.5, 0.6) is 0 Å². The van der Waals surface area contributed by atoms with Gasteiger partial charge in [-0.3, -0.25) is 4.79 Å². The van der Waals surface area contributed by atoms with Crippen molar-refractivity contribution >= 4 is 5.91 Å². The van der Waals surface area contributed by atoms with Gasteiger partial charge in [0.25, 0.3) is 5.91 Å². The van der Waals surface area contributed by atoms with Crippen molar-refractivity contribution in [2.75, 3.05) is 6.54 Å². The Morgan fingerprint density at radius 1 is 1.45 bits per heavy atom. The summed E-state index contributed by atoms with van der Waals surface area (Å²) < 4.78 is 0. The van der Waals surface area contributed by atoms with Crippen molar-refractivity contribution < 1.29 is 4.79 Å². The number of aromatic amines is 1. The van der Waals surface area contributed by atoms with E-state index in [1.165, 1.54) is 11.1 Å². The maximum Gasteiger partial charge on any atom is 0.251 e. The second-order valence-corrected chi connectivity index (χ2v) is 5.18. The molecule has 1 unspecified atom stereocenters. The molecule has 1 amide bonds. The lowest BCUT2D eigenvalue weighted by Crippen LogP contribution is -2.28. The molecule has 0 saturated carbocycles. The third kappa shape index (κ3) is 2.41. The van der Waals surface area contributed by atoms with Crippen molar-refractivity contribution in [3.8, 4) is 0 Å². The number of hydrogen-bond acceptors (Lipinski definition) is 4. The largest absolute Gasteiger partial charge is 0.351 e. The summed E-state index contributed by atoms with van der Waals surface area (Å²) in [6, 6.07) is 5.97. The highest BCUT2D eigenvalue weighted by atomic mass is 16.1. The van der Waals surface area contributed by atoms with Crippen molar-refractivity contribution in [1.29, 1.82) is 0 Å². The Morgan fingerprint density at radius 2 is 2.35 bits per heavy atom. The molecule has 3 rings (SSSR count). The molecule has 20 heavy (non-hydrogen) atoms. The lowest BCUT2D eigenvalue weighted by Gasteiger charge is -2.11. The fourth-order valence-electron chi connectivity index (χ4n) is 2.64. The first-order valence-electron chi connectivity index (χ1n) is 6.88. The molecule has 6 nitrogen and oxygen atoms in total. The monoisotopic (exact) mass is 271 g/mol. The number of aromatic nitrogens is 4. The molecular weight excluding hydrogens is 254 g/mol. The van der Waals surface area contributed by atoms with Crippen LogP contribution in [0, 0.1) is 0 Å². The summed E-state index contributed by atoms with van der Waals surface area (Å²) in [6.45, 7) is 2.46. The summed E-state index contributed by atoms with van der Waals surface area (Å²) in [5.41, 5.74) is 3.32. The third-order valence-corrected chi connectivity index (χ3v) is 3.76. The van der Waals surface area contributed by atoms with E-state index in [-0.39, 0.29) is 11.8 Å². The Labute approximate surface area is 117 Å². The minimum absolute atomic E-state index is 0.0147. The van der Waals surface area contributed by atoms with Gasteiger partial charge in [-0.15, -0.1) is 10.2 Å². The van der Waals surface area contributed by atoms with Crippen LogP contribution in [0.3, 0.4) is 0 Å². The van der Waals surface area contributed by atoms with Gasteiger partial charge < -0.3 is 5.32 Å². The predicted molar refractivity (Wildman–Crippen MR) is 73.4 cm³/mol. The molecule has 1 heterocycles. The van der Waals surface area contributed by atoms with E-state index in [0.717, 1.165) is 24.8 Å². The number of amides is 1. The van der Waals surface area contributed by atoms with E-state index in [2.05, 4.69) is 32.0 Å². The Bertz CT molecular complexity index is 608. The van der Waals surface area contributed by atoms with Gasteiger partial charge in [-0.2, -0.15) is 5.21 Å². The van der Waals surface area contributed by atoms with Gasteiger partial charge in [-0.25, -0.2) is 0 Å². The average Bonchev–Trinajstić information content (AvgIpc) is 3.13.